The van der Waals surface area contributed by atoms with Crippen molar-refractivity contribution < 1.29 is 39.9 Å². The molecule has 4 atom stereocenters. The summed E-state index contributed by atoms with van der Waals surface area (Å²) in [5.74, 6) is -1.41. The Morgan fingerprint density at radius 3 is 2.28 bits per heavy atom. The molecule has 7 N–H and O–H groups in total. The van der Waals surface area contributed by atoms with Gasteiger partial charge in [-0.2, -0.15) is 0 Å². The number of aliphatic hydroxyl groups excluding tert-OH is 5. The smallest absolute Gasteiger partial charge is 0.392 e. The van der Waals surface area contributed by atoms with Crippen molar-refractivity contribution in [3.8, 4) is 0 Å². The molecular formula is C15H22N2O8. The predicted molar refractivity (Wildman–Crippen MR) is 86.0 cm³/mol. The van der Waals surface area contributed by atoms with Gasteiger partial charge in [-0.15, -0.1) is 0 Å². The summed E-state index contributed by atoms with van der Waals surface area (Å²) in [6.45, 7) is -0.569. The molecule has 0 fully saturated rings. The number of aromatic nitrogens is 1. The molecule has 2 rings (SSSR count). The summed E-state index contributed by atoms with van der Waals surface area (Å²) in [5.41, 5.74) is 1.06. The number of carboxylic acids is 1. The Morgan fingerprint density at radius 2 is 1.76 bits per heavy atom. The molecule has 0 amide bonds. The summed E-state index contributed by atoms with van der Waals surface area (Å²) >= 11 is 0. The lowest BCUT2D eigenvalue weighted by Crippen LogP contribution is -2.48. The minimum Gasteiger partial charge on any atom is -0.474 e. The molecule has 0 aliphatic carbocycles. The van der Waals surface area contributed by atoms with Crippen molar-refractivity contribution in [3.05, 3.63) is 30.2 Å². The van der Waals surface area contributed by atoms with Gasteiger partial charge in [-0.05, 0) is 19.2 Å². The van der Waals surface area contributed by atoms with E-state index >= 15 is 0 Å². The van der Waals surface area contributed by atoms with E-state index in [0.717, 1.165) is 0 Å². The van der Waals surface area contributed by atoms with Crippen molar-refractivity contribution in [3.63, 3.8) is 0 Å². The Balaban J connectivity index is 0.000000250. The van der Waals surface area contributed by atoms with Gasteiger partial charge >= 0.3 is 11.9 Å². The van der Waals surface area contributed by atoms with Crippen molar-refractivity contribution in [1.82, 2.24) is 10.3 Å². The first-order chi connectivity index (χ1) is 11.8. The van der Waals surface area contributed by atoms with Gasteiger partial charge in [0.25, 0.3) is 0 Å². The molecule has 0 aliphatic rings. The number of aliphatic hydroxyl groups is 5. The SMILES string of the molecule is CNC[C@H](O)[C@@H](O)[C@H](O)[C@H](O)CO.O=C(O)c1nc2ccccc2o1. The number of nitrogens with one attached hydrogen (secondary N) is 1. The minimum absolute atomic E-state index is 0.0936. The molecule has 10 heteroatoms. The highest BCUT2D eigenvalue weighted by atomic mass is 16.4. The molecule has 1 aromatic heterocycles. The minimum atomic E-state index is -1.55. The fraction of sp³-hybridized carbons (Fsp3) is 0.467. The monoisotopic (exact) mass is 358 g/mol. The second kappa shape index (κ2) is 10.0. The fourth-order valence-electron chi connectivity index (χ4n) is 1.86. The van der Waals surface area contributed by atoms with Crippen LogP contribution in [-0.2, 0) is 0 Å². The number of carbonyl (C=O) groups is 1. The van der Waals surface area contributed by atoms with Gasteiger partial charge in [0.2, 0.25) is 0 Å². The van der Waals surface area contributed by atoms with E-state index in [0.29, 0.717) is 11.1 Å². The summed E-state index contributed by atoms with van der Waals surface area (Å²) in [6.07, 6.45) is -5.65. The number of nitrogens with zero attached hydrogens (tertiary/aromatic N) is 1. The Labute approximate surface area is 143 Å². The van der Waals surface area contributed by atoms with Crippen molar-refractivity contribution >= 4 is 17.1 Å². The lowest BCUT2D eigenvalue weighted by molar-refractivity contribution is -0.113. The Morgan fingerprint density at radius 1 is 1.16 bits per heavy atom. The summed E-state index contributed by atoms with van der Waals surface area (Å²) < 4.78 is 4.92. The van der Waals surface area contributed by atoms with Gasteiger partial charge in [0, 0.05) is 6.54 Å². The number of aromatic carboxylic acids is 1. The van der Waals surface area contributed by atoms with Crippen LogP contribution in [0.1, 0.15) is 10.7 Å². The van der Waals surface area contributed by atoms with Crippen LogP contribution >= 0.6 is 0 Å². The third kappa shape index (κ3) is 6.05. The van der Waals surface area contributed by atoms with Gasteiger partial charge in [0.1, 0.15) is 23.8 Å². The molecule has 140 valence electrons. The van der Waals surface area contributed by atoms with Crippen LogP contribution in [-0.4, -0.2) is 86.2 Å². The standard InChI is InChI=1S/C8H5NO3.C7H17NO5/c10-8(11)7-9-5-3-1-2-4-6(5)12-7;1-8-2-4(10)6(12)7(13)5(11)3-9/h1-4H,(H,10,11);4-13H,2-3H2,1H3/t;4-,5+,6+,7+/m.0/s1. The molecule has 1 aromatic carbocycles. The van der Waals surface area contributed by atoms with Crippen molar-refractivity contribution in [1.29, 1.82) is 0 Å². The molecule has 0 radical (unpaired) electrons. The van der Waals surface area contributed by atoms with Crippen molar-refractivity contribution in [2.75, 3.05) is 20.2 Å². The molecule has 0 saturated heterocycles. The number of likely N-dealkylation sites (N-methyl/N-ethyl adjacent to an activating group) is 1. The molecule has 25 heavy (non-hydrogen) atoms. The molecule has 0 unspecified atom stereocenters. The first kappa shape index (κ1) is 21.0. The van der Waals surface area contributed by atoms with Crippen LogP contribution in [0.4, 0.5) is 0 Å². The summed E-state index contributed by atoms with van der Waals surface area (Å²) in [7, 11) is 1.57. The molecule has 0 spiro atoms. The maximum Gasteiger partial charge on any atom is 0.392 e. The topological polar surface area (TPSA) is 177 Å². The van der Waals surface area contributed by atoms with Crippen LogP contribution in [0.3, 0.4) is 0 Å². The first-order valence-electron chi connectivity index (χ1n) is 7.38. The molecule has 1 heterocycles. The van der Waals surface area contributed by atoms with Gasteiger partial charge < -0.3 is 40.4 Å². The molecule has 0 bridgehead atoms. The zero-order valence-corrected chi connectivity index (χ0v) is 13.5. The van der Waals surface area contributed by atoms with Crippen LogP contribution in [0.2, 0.25) is 0 Å². The average molecular weight is 358 g/mol. The van der Waals surface area contributed by atoms with E-state index < -0.39 is 37.0 Å². The van der Waals surface area contributed by atoms with Gasteiger partial charge in [-0.25, -0.2) is 9.78 Å². The van der Waals surface area contributed by atoms with E-state index in [9.17, 15) is 9.90 Å². The summed E-state index contributed by atoms with van der Waals surface area (Å²) in [4.78, 5) is 14.2. The van der Waals surface area contributed by atoms with E-state index in [1.807, 2.05) is 0 Å². The molecule has 0 saturated carbocycles. The lowest BCUT2D eigenvalue weighted by Gasteiger charge is -2.25. The predicted octanol–water partition coefficient (Wildman–Crippen LogP) is -1.83. The number of hydrogen-bond acceptors (Lipinski definition) is 9. The number of para-hydroxylation sites is 2. The van der Waals surface area contributed by atoms with E-state index in [4.69, 9.17) is 29.9 Å². The van der Waals surface area contributed by atoms with Crippen molar-refractivity contribution in [2.24, 2.45) is 0 Å². The largest absolute Gasteiger partial charge is 0.474 e. The highest BCUT2D eigenvalue weighted by Gasteiger charge is 2.29. The normalized spacial score (nSPS) is 15.8. The highest BCUT2D eigenvalue weighted by Crippen LogP contribution is 2.14. The maximum atomic E-state index is 10.4. The molecular weight excluding hydrogens is 336 g/mol. The van der Waals surface area contributed by atoms with Crippen LogP contribution in [0.15, 0.2) is 28.7 Å². The van der Waals surface area contributed by atoms with Crippen molar-refractivity contribution in [2.45, 2.75) is 24.4 Å². The molecule has 0 aliphatic heterocycles. The van der Waals surface area contributed by atoms with E-state index in [2.05, 4.69) is 10.3 Å². The summed E-state index contributed by atoms with van der Waals surface area (Å²) in [5, 5.41) is 56.0. The number of rotatable bonds is 7. The van der Waals surface area contributed by atoms with E-state index in [1.165, 1.54) is 0 Å². The van der Waals surface area contributed by atoms with Gasteiger partial charge in [-0.1, -0.05) is 12.1 Å². The lowest BCUT2D eigenvalue weighted by atomic mass is 10.0. The first-order valence-corrected chi connectivity index (χ1v) is 7.38. The fourth-order valence-corrected chi connectivity index (χ4v) is 1.86. The van der Waals surface area contributed by atoms with Gasteiger partial charge in [0.05, 0.1) is 12.7 Å². The number of oxazole rings is 1. The van der Waals surface area contributed by atoms with E-state index in [1.54, 1.807) is 31.3 Å². The zero-order valence-electron chi connectivity index (χ0n) is 13.5. The quantitative estimate of drug-likeness (QED) is 0.298. The second-order valence-corrected chi connectivity index (χ2v) is 5.15. The third-order valence-corrected chi connectivity index (χ3v) is 3.22. The molecule has 10 nitrogen and oxygen atoms in total. The Bertz CT molecular complexity index is 629. The van der Waals surface area contributed by atoms with Crippen LogP contribution < -0.4 is 5.32 Å². The van der Waals surface area contributed by atoms with Crippen LogP contribution in [0.25, 0.3) is 11.1 Å². The molecule has 2 aromatic rings. The number of benzene rings is 1. The third-order valence-electron chi connectivity index (χ3n) is 3.22. The van der Waals surface area contributed by atoms with Crippen LogP contribution in [0, 0.1) is 0 Å². The number of fused-ring (bicyclic) bond motifs is 1. The number of hydrogen-bond donors (Lipinski definition) is 7. The Kier molecular flexibility index (Phi) is 8.41. The zero-order chi connectivity index (χ0) is 19.0. The number of carboxylic acid groups (broad SMARTS) is 1. The summed E-state index contributed by atoms with van der Waals surface area (Å²) in [6, 6.07) is 6.91. The maximum absolute atomic E-state index is 10.4. The second-order valence-electron chi connectivity index (χ2n) is 5.15. The van der Waals surface area contributed by atoms with E-state index in [-0.39, 0.29) is 12.4 Å². The van der Waals surface area contributed by atoms with Gasteiger partial charge in [0.15, 0.2) is 5.58 Å². The average Bonchev–Trinajstić information content (AvgIpc) is 3.05. The van der Waals surface area contributed by atoms with Crippen LogP contribution in [0.5, 0.6) is 0 Å². The Hall–Kier alpha value is -2.08. The highest BCUT2D eigenvalue weighted by molar-refractivity contribution is 5.86. The van der Waals surface area contributed by atoms with Gasteiger partial charge in [-0.3, -0.25) is 0 Å².